The van der Waals surface area contributed by atoms with Crippen molar-refractivity contribution < 1.29 is 9.90 Å². The number of allylic oxidation sites excluding steroid dienone is 1. The highest BCUT2D eigenvalue weighted by atomic mass is 16.4. The summed E-state index contributed by atoms with van der Waals surface area (Å²) in [6, 6.07) is 0. The summed E-state index contributed by atoms with van der Waals surface area (Å²) in [6.45, 7) is 1.79. The third-order valence-corrected chi connectivity index (χ3v) is 0.528. The van der Waals surface area contributed by atoms with E-state index in [9.17, 15) is 4.79 Å². The molecule has 0 spiro atoms. The van der Waals surface area contributed by atoms with Crippen molar-refractivity contribution in [2.45, 2.75) is 13.3 Å². The Kier molecular flexibility index (Phi) is 3.02. The monoisotopic (exact) mass is 100 g/mol. The van der Waals surface area contributed by atoms with Gasteiger partial charge in [-0.2, -0.15) is 0 Å². The second kappa shape index (κ2) is 3.40. The first-order valence-electron chi connectivity index (χ1n) is 2.10. The van der Waals surface area contributed by atoms with Gasteiger partial charge >= 0.3 is 5.97 Å². The van der Waals surface area contributed by atoms with Crippen LogP contribution in [-0.2, 0) is 4.79 Å². The molecule has 0 fully saturated rings. The lowest BCUT2D eigenvalue weighted by atomic mass is 10.4. The molecule has 0 saturated heterocycles. The van der Waals surface area contributed by atoms with Crippen molar-refractivity contribution in [3.05, 3.63) is 12.2 Å². The molecule has 0 aliphatic carbocycles. The second-order valence-electron chi connectivity index (χ2n) is 1.17. The standard InChI is InChI=1S/C5H8O2/c1-2-3-4-5(6)7/h2-3H,4H2,1H3,(H,6,7)/b3-2-. The molecule has 0 heterocycles. The molecule has 0 aliphatic heterocycles. The van der Waals surface area contributed by atoms with Crippen molar-refractivity contribution >= 4 is 5.97 Å². The summed E-state index contributed by atoms with van der Waals surface area (Å²) < 4.78 is 0. The summed E-state index contributed by atoms with van der Waals surface area (Å²) in [5, 5.41) is 7.99. The quantitative estimate of drug-likeness (QED) is 0.526. The fourth-order valence-electron chi connectivity index (χ4n) is 0.219. The molecule has 0 aromatic heterocycles. The maximum atomic E-state index is 9.71. The van der Waals surface area contributed by atoms with Crippen LogP contribution >= 0.6 is 0 Å². The first-order chi connectivity index (χ1) is 3.27. The Bertz CT molecular complexity index is 84.1. The summed E-state index contributed by atoms with van der Waals surface area (Å²) in [7, 11) is 0. The minimum atomic E-state index is -0.780. The minimum Gasteiger partial charge on any atom is -0.481 e. The maximum Gasteiger partial charge on any atom is 0.307 e. The molecule has 7 heavy (non-hydrogen) atoms. The molecule has 2 nitrogen and oxygen atoms in total. The van der Waals surface area contributed by atoms with Crippen LogP contribution in [0.3, 0.4) is 0 Å². The SMILES string of the molecule is C/C=C\CC(=O)O. The number of carbonyl (C=O) groups is 1. The number of carboxylic acid groups (broad SMARTS) is 1. The van der Waals surface area contributed by atoms with Crippen LogP contribution in [0.15, 0.2) is 12.2 Å². The van der Waals surface area contributed by atoms with Gasteiger partial charge in [0.05, 0.1) is 6.42 Å². The predicted octanol–water partition coefficient (Wildman–Crippen LogP) is 1.04. The third kappa shape index (κ3) is 5.21. The van der Waals surface area contributed by atoms with Crippen molar-refractivity contribution in [3.63, 3.8) is 0 Å². The zero-order chi connectivity index (χ0) is 5.70. The van der Waals surface area contributed by atoms with Crippen LogP contribution in [0.1, 0.15) is 13.3 Å². The van der Waals surface area contributed by atoms with Crippen molar-refractivity contribution in [2.24, 2.45) is 0 Å². The summed E-state index contributed by atoms with van der Waals surface area (Å²) >= 11 is 0. The van der Waals surface area contributed by atoms with Crippen molar-refractivity contribution in [1.82, 2.24) is 0 Å². The summed E-state index contributed by atoms with van der Waals surface area (Å²) in [5.41, 5.74) is 0. The van der Waals surface area contributed by atoms with Crippen LogP contribution in [0.25, 0.3) is 0 Å². The molecule has 0 bridgehead atoms. The predicted molar refractivity (Wildman–Crippen MR) is 27.1 cm³/mol. The van der Waals surface area contributed by atoms with Gasteiger partial charge in [0.15, 0.2) is 0 Å². The minimum absolute atomic E-state index is 0.135. The normalized spacial score (nSPS) is 9.86. The van der Waals surface area contributed by atoms with Crippen molar-refractivity contribution in [1.29, 1.82) is 0 Å². The van der Waals surface area contributed by atoms with Gasteiger partial charge in [0.1, 0.15) is 0 Å². The lowest BCUT2D eigenvalue weighted by molar-refractivity contribution is -0.136. The lowest BCUT2D eigenvalue weighted by Crippen LogP contribution is -1.88. The van der Waals surface area contributed by atoms with E-state index in [2.05, 4.69) is 0 Å². The van der Waals surface area contributed by atoms with Gasteiger partial charge in [0, 0.05) is 0 Å². The molecule has 0 aliphatic rings. The average molecular weight is 100 g/mol. The molecule has 0 saturated carbocycles. The number of rotatable bonds is 2. The Morgan fingerprint density at radius 1 is 1.86 bits per heavy atom. The van der Waals surface area contributed by atoms with Crippen LogP contribution in [0.2, 0.25) is 0 Å². The van der Waals surface area contributed by atoms with E-state index in [1.807, 2.05) is 0 Å². The van der Waals surface area contributed by atoms with Crippen LogP contribution < -0.4 is 0 Å². The van der Waals surface area contributed by atoms with E-state index in [-0.39, 0.29) is 6.42 Å². The summed E-state index contributed by atoms with van der Waals surface area (Å²) in [4.78, 5) is 9.71. The topological polar surface area (TPSA) is 37.3 Å². The van der Waals surface area contributed by atoms with Crippen LogP contribution in [0, 0.1) is 0 Å². The van der Waals surface area contributed by atoms with Crippen molar-refractivity contribution in [2.75, 3.05) is 0 Å². The van der Waals surface area contributed by atoms with E-state index in [0.717, 1.165) is 0 Å². The van der Waals surface area contributed by atoms with Gasteiger partial charge in [0.25, 0.3) is 0 Å². The summed E-state index contributed by atoms with van der Waals surface area (Å²) in [6.07, 6.45) is 3.45. The maximum absolute atomic E-state index is 9.71. The van der Waals surface area contributed by atoms with E-state index >= 15 is 0 Å². The van der Waals surface area contributed by atoms with Gasteiger partial charge in [-0.3, -0.25) is 4.79 Å². The molecule has 1 N–H and O–H groups in total. The molecular weight excluding hydrogens is 92.1 g/mol. The molecule has 0 aromatic rings. The Labute approximate surface area is 42.5 Å². The highest BCUT2D eigenvalue weighted by Crippen LogP contribution is 1.79. The van der Waals surface area contributed by atoms with Gasteiger partial charge < -0.3 is 5.11 Å². The van der Waals surface area contributed by atoms with E-state index in [1.54, 1.807) is 19.1 Å². The van der Waals surface area contributed by atoms with Gasteiger partial charge in [-0.05, 0) is 6.92 Å². The molecule has 0 rings (SSSR count). The molecular formula is C5H8O2. The van der Waals surface area contributed by atoms with Gasteiger partial charge in [-0.15, -0.1) is 0 Å². The van der Waals surface area contributed by atoms with E-state index in [4.69, 9.17) is 5.11 Å². The van der Waals surface area contributed by atoms with Crippen LogP contribution in [0.4, 0.5) is 0 Å². The molecule has 0 unspecified atom stereocenters. The lowest BCUT2D eigenvalue weighted by Gasteiger charge is -1.77. The number of hydrogen-bond donors (Lipinski definition) is 1. The fraction of sp³-hybridized carbons (Fsp3) is 0.400. The largest absolute Gasteiger partial charge is 0.481 e. The van der Waals surface area contributed by atoms with E-state index in [0.29, 0.717) is 0 Å². The van der Waals surface area contributed by atoms with Gasteiger partial charge in [-0.25, -0.2) is 0 Å². The zero-order valence-corrected chi connectivity index (χ0v) is 4.22. The number of aliphatic carboxylic acids is 1. The van der Waals surface area contributed by atoms with E-state index < -0.39 is 5.97 Å². The molecule has 2 heteroatoms. The molecule has 0 atom stereocenters. The first kappa shape index (κ1) is 6.21. The Hall–Kier alpha value is -0.790. The summed E-state index contributed by atoms with van der Waals surface area (Å²) in [5.74, 6) is -0.780. The third-order valence-electron chi connectivity index (χ3n) is 0.528. The number of carboxylic acids is 1. The molecule has 0 aromatic carbocycles. The highest BCUT2D eigenvalue weighted by molar-refractivity contribution is 5.68. The smallest absolute Gasteiger partial charge is 0.307 e. The first-order valence-corrected chi connectivity index (χ1v) is 2.10. The number of hydrogen-bond acceptors (Lipinski definition) is 1. The second-order valence-corrected chi connectivity index (χ2v) is 1.17. The Balaban J connectivity index is 3.14. The van der Waals surface area contributed by atoms with Gasteiger partial charge in [0.2, 0.25) is 0 Å². The Morgan fingerprint density at radius 2 is 2.43 bits per heavy atom. The van der Waals surface area contributed by atoms with Crippen molar-refractivity contribution in [3.8, 4) is 0 Å². The fourth-order valence-corrected chi connectivity index (χ4v) is 0.219. The van der Waals surface area contributed by atoms with Crippen LogP contribution in [0.5, 0.6) is 0 Å². The van der Waals surface area contributed by atoms with Gasteiger partial charge in [-0.1, -0.05) is 12.2 Å². The molecule has 0 radical (unpaired) electrons. The average Bonchev–Trinajstić information content (AvgIpc) is 1.61. The van der Waals surface area contributed by atoms with Crippen LogP contribution in [-0.4, -0.2) is 11.1 Å². The Morgan fingerprint density at radius 3 is 2.57 bits per heavy atom. The highest BCUT2D eigenvalue weighted by Gasteiger charge is 1.85. The zero-order valence-electron chi connectivity index (χ0n) is 4.22. The van der Waals surface area contributed by atoms with E-state index in [1.165, 1.54) is 0 Å². The molecule has 0 amide bonds. The molecule has 40 valence electrons.